The Kier molecular flexibility index (Phi) is 4.56. The molecule has 104 valence electrons. The minimum Gasteiger partial charge on any atom is -0.444 e. The number of ether oxygens (including phenoxy) is 1. The molecule has 0 spiro atoms. The maximum Gasteiger partial charge on any atom is 0.410 e. The number of rotatable bonds is 2. The highest BCUT2D eigenvalue weighted by atomic mass is 16.6. The number of β-amino-alcohol motifs (C(OH)–C–C–N with tert-alkyl or cyclic N) is 1. The molecule has 1 fully saturated rings. The number of aliphatic hydroxyl groups is 1. The molecule has 0 bridgehead atoms. The molecule has 0 radical (unpaired) electrons. The van der Waals surface area contributed by atoms with Gasteiger partial charge in [-0.3, -0.25) is 4.79 Å². The predicted octanol–water partition coefficient (Wildman–Crippen LogP) is 0.493. The molecule has 0 aromatic rings. The SMILES string of the molecule is CC(=O)NC[C@H]1C[C@H](O)CN1C(=O)OC(C)(C)C. The summed E-state index contributed by atoms with van der Waals surface area (Å²) in [5, 5.41) is 12.3. The van der Waals surface area contributed by atoms with Crippen molar-refractivity contribution in [3.8, 4) is 0 Å². The molecule has 1 aliphatic heterocycles. The van der Waals surface area contributed by atoms with Gasteiger partial charge in [-0.15, -0.1) is 0 Å². The molecule has 0 aliphatic carbocycles. The fourth-order valence-electron chi connectivity index (χ4n) is 1.89. The van der Waals surface area contributed by atoms with E-state index in [9.17, 15) is 14.7 Å². The van der Waals surface area contributed by atoms with Crippen molar-refractivity contribution in [1.29, 1.82) is 0 Å². The first-order chi connectivity index (χ1) is 8.19. The number of aliphatic hydroxyl groups excluding tert-OH is 1. The van der Waals surface area contributed by atoms with E-state index in [1.807, 2.05) is 0 Å². The third-order valence-corrected chi connectivity index (χ3v) is 2.61. The standard InChI is InChI=1S/C12H22N2O4/c1-8(15)13-6-9-5-10(16)7-14(9)11(17)18-12(2,3)4/h9-10,16H,5-7H2,1-4H3,(H,13,15)/t9-,10+/m1/s1. The van der Waals surface area contributed by atoms with Crippen LogP contribution in [0.2, 0.25) is 0 Å². The summed E-state index contributed by atoms with van der Waals surface area (Å²) >= 11 is 0. The fraction of sp³-hybridized carbons (Fsp3) is 0.833. The Bertz CT molecular complexity index is 325. The third kappa shape index (κ3) is 4.52. The van der Waals surface area contributed by atoms with Crippen LogP contribution in [0, 0.1) is 0 Å². The molecule has 2 atom stereocenters. The third-order valence-electron chi connectivity index (χ3n) is 2.61. The van der Waals surface area contributed by atoms with Gasteiger partial charge in [-0.1, -0.05) is 0 Å². The van der Waals surface area contributed by atoms with Crippen LogP contribution >= 0.6 is 0 Å². The van der Waals surface area contributed by atoms with Gasteiger partial charge in [0, 0.05) is 13.5 Å². The summed E-state index contributed by atoms with van der Waals surface area (Å²) in [4.78, 5) is 24.3. The van der Waals surface area contributed by atoms with E-state index in [-0.39, 0.29) is 18.5 Å². The Balaban J connectivity index is 2.60. The molecular formula is C12H22N2O4. The summed E-state index contributed by atoms with van der Waals surface area (Å²) in [7, 11) is 0. The fourth-order valence-corrected chi connectivity index (χ4v) is 1.89. The van der Waals surface area contributed by atoms with Gasteiger partial charge in [0.05, 0.1) is 18.7 Å². The quantitative estimate of drug-likeness (QED) is 0.755. The highest BCUT2D eigenvalue weighted by Gasteiger charge is 2.36. The molecule has 2 N–H and O–H groups in total. The highest BCUT2D eigenvalue weighted by molar-refractivity contribution is 5.73. The topological polar surface area (TPSA) is 78.9 Å². The number of hydrogen-bond donors (Lipinski definition) is 2. The second-order valence-corrected chi connectivity index (χ2v) is 5.61. The van der Waals surface area contributed by atoms with Crippen molar-refractivity contribution in [2.75, 3.05) is 13.1 Å². The molecule has 1 aliphatic rings. The zero-order chi connectivity index (χ0) is 13.9. The smallest absolute Gasteiger partial charge is 0.410 e. The van der Waals surface area contributed by atoms with Gasteiger partial charge in [0.1, 0.15) is 5.60 Å². The van der Waals surface area contributed by atoms with E-state index in [0.29, 0.717) is 13.0 Å². The predicted molar refractivity (Wildman–Crippen MR) is 66.0 cm³/mol. The van der Waals surface area contributed by atoms with Crippen LogP contribution in [0.25, 0.3) is 0 Å². The van der Waals surface area contributed by atoms with E-state index in [0.717, 1.165) is 0 Å². The van der Waals surface area contributed by atoms with E-state index in [4.69, 9.17) is 4.74 Å². The average molecular weight is 258 g/mol. The maximum atomic E-state index is 11.9. The Labute approximate surface area is 107 Å². The molecule has 0 saturated carbocycles. The minimum atomic E-state index is -0.566. The largest absolute Gasteiger partial charge is 0.444 e. The lowest BCUT2D eigenvalue weighted by molar-refractivity contribution is -0.119. The van der Waals surface area contributed by atoms with Gasteiger partial charge in [-0.25, -0.2) is 4.79 Å². The van der Waals surface area contributed by atoms with Crippen molar-refractivity contribution in [3.05, 3.63) is 0 Å². The normalized spacial score (nSPS) is 23.9. The van der Waals surface area contributed by atoms with Gasteiger partial charge in [0.15, 0.2) is 0 Å². The van der Waals surface area contributed by atoms with Gasteiger partial charge in [0.25, 0.3) is 0 Å². The molecule has 0 aromatic heterocycles. The van der Waals surface area contributed by atoms with Crippen LogP contribution in [0.3, 0.4) is 0 Å². The molecule has 1 rings (SSSR count). The Hall–Kier alpha value is -1.30. The molecule has 6 nitrogen and oxygen atoms in total. The molecule has 2 amide bonds. The molecule has 0 aromatic carbocycles. The zero-order valence-corrected chi connectivity index (χ0v) is 11.4. The summed E-state index contributed by atoms with van der Waals surface area (Å²) in [5.74, 6) is -0.152. The first kappa shape index (κ1) is 14.8. The van der Waals surface area contributed by atoms with Crippen molar-refractivity contribution < 1.29 is 19.4 Å². The number of amides is 2. The number of nitrogens with one attached hydrogen (secondary N) is 1. The van der Waals surface area contributed by atoms with E-state index < -0.39 is 17.8 Å². The summed E-state index contributed by atoms with van der Waals surface area (Å²) in [6, 6.07) is -0.209. The zero-order valence-electron chi connectivity index (χ0n) is 11.4. The van der Waals surface area contributed by atoms with E-state index >= 15 is 0 Å². The Morgan fingerprint density at radius 1 is 1.44 bits per heavy atom. The molecule has 0 unspecified atom stereocenters. The summed E-state index contributed by atoms with van der Waals surface area (Å²) < 4.78 is 5.27. The number of likely N-dealkylation sites (tertiary alicyclic amines) is 1. The van der Waals surface area contributed by atoms with E-state index in [2.05, 4.69) is 5.32 Å². The number of hydrogen-bond acceptors (Lipinski definition) is 4. The van der Waals surface area contributed by atoms with Gasteiger partial charge in [-0.05, 0) is 27.2 Å². The van der Waals surface area contributed by atoms with E-state index in [1.54, 1.807) is 20.8 Å². The highest BCUT2D eigenvalue weighted by Crippen LogP contribution is 2.20. The van der Waals surface area contributed by atoms with Crippen LogP contribution in [0.5, 0.6) is 0 Å². The van der Waals surface area contributed by atoms with Crippen molar-refractivity contribution in [2.45, 2.75) is 51.9 Å². The van der Waals surface area contributed by atoms with Crippen LogP contribution in [-0.2, 0) is 9.53 Å². The van der Waals surface area contributed by atoms with Crippen LogP contribution in [0.15, 0.2) is 0 Å². The molecular weight excluding hydrogens is 236 g/mol. The molecule has 1 saturated heterocycles. The van der Waals surface area contributed by atoms with Gasteiger partial charge in [-0.2, -0.15) is 0 Å². The second kappa shape index (κ2) is 5.56. The monoisotopic (exact) mass is 258 g/mol. The molecule has 6 heteroatoms. The van der Waals surface area contributed by atoms with Gasteiger partial charge in [0.2, 0.25) is 5.91 Å². The summed E-state index contributed by atoms with van der Waals surface area (Å²) in [5.41, 5.74) is -0.566. The van der Waals surface area contributed by atoms with Crippen molar-refractivity contribution in [1.82, 2.24) is 10.2 Å². The lowest BCUT2D eigenvalue weighted by atomic mass is 10.2. The van der Waals surface area contributed by atoms with Crippen molar-refractivity contribution >= 4 is 12.0 Å². The van der Waals surface area contributed by atoms with Crippen molar-refractivity contribution in [2.24, 2.45) is 0 Å². The number of nitrogens with zero attached hydrogens (tertiary/aromatic N) is 1. The lowest BCUT2D eigenvalue weighted by Crippen LogP contribution is -2.44. The van der Waals surface area contributed by atoms with Gasteiger partial charge >= 0.3 is 6.09 Å². The first-order valence-electron chi connectivity index (χ1n) is 6.11. The number of carbonyl (C=O) groups excluding carboxylic acids is 2. The second-order valence-electron chi connectivity index (χ2n) is 5.61. The number of carbonyl (C=O) groups is 2. The van der Waals surface area contributed by atoms with Gasteiger partial charge < -0.3 is 20.1 Å². The lowest BCUT2D eigenvalue weighted by Gasteiger charge is -2.28. The van der Waals surface area contributed by atoms with Crippen LogP contribution in [0.1, 0.15) is 34.1 Å². The summed E-state index contributed by atoms with van der Waals surface area (Å²) in [6.45, 7) is 7.38. The Morgan fingerprint density at radius 2 is 2.06 bits per heavy atom. The van der Waals surface area contributed by atoms with E-state index in [1.165, 1.54) is 11.8 Å². The maximum absolute atomic E-state index is 11.9. The van der Waals surface area contributed by atoms with Crippen LogP contribution in [-0.4, -0.2) is 52.8 Å². The minimum absolute atomic E-state index is 0.152. The Morgan fingerprint density at radius 3 is 2.56 bits per heavy atom. The molecule has 18 heavy (non-hydrogen) atoms. The first-order valence-corrected chi connectivity index (χ1v) is 6.11. The van der Waals surface area contributed by atoms with Crippen molar-refractivity contribution in [3.63, 3.8) is 0 Å². The molecule has 1 heterocycles. The van der Waals surface area contributed by atoms with Crippen LogP contribution < -0.4 is 5.32 Å². The van der Waals surface area contributed by atoms with Crippen LogP contribution in [0.4, 0.5) is 4.79 Å². The summed E-state index contributed by atoms with van der Waals surface area (Å²) in [6.07, 6.45) is -0.551. The average Bonchev–Trinajstić information content (AvgIpc) is 2.54.